The van der Waals surface area contributed by atoms with Crippen LogP contribution in [-0.4, -0.2) is 9.90 Å². The van der Waals surface area contributed by atoms with Crippen molar-refractivity contribution >= 4 is 26.8 Å². The molecule has 1 aromatic carbocycles. The quantitative estimate of drug-likeness (QED) is 0.770. The smallest absolute Gasteiger partial charge is 0.189 e. The molecule has 0 bridgehead atoms. The van der Waals surface area contributed by atoms with Crippen molar-refractivity contribution in [2.24, 2.45) is 5.92 Å². The lowest BCUT2D eigenvalue weighted by molar-refractivity contribution is 0.477. The highest BCUT2D eigenvalue weighted by Gasteiger charge is 2.04. The summed E-state index contributed by atoms with van der Waals surface area (Å²) < 4.78 is 2.18. The van der Waals surface area contributed by atoms with Gasteiger partial charge in [0.1, 0.15) is 0 Å². The third-order valence-electron chi connectivity index (χ3n) is 3.35. The van der Waals surface area contributed by atoms with Crippen molar-refractivity contribution in [3.05, 3.63) is 46.8 Å². The largest absolute Gasteiger partial charge is 0.347 e. The molecular weight excluding hydrogens is 290 g/mol. The van der Waals surface area contributed by atoms with Gasteiger partial charge in [0, 0.05) is 29.5 Å². The lowest BCUT2D eigenvalue weighted by Crippen LogP contribution is -2.10. The van der Waals surface area contributed by atoms with Crippen LogP contribution in [0, 0.1) is 5.92 Å². The molecule has 0 aliphatic carbocycles. The monoisotopic (exact) mass is 307 g/mol. The van der Waals surface area contributed by atoms with E-state index < -0.39 is 0 Å². The molecule has 2 nitrogen and oxygen atoms in total. The highest BCUT2D eigenvalue weighted by Crippen LogP contribution is 2.14. The molecule has 0 amide bonds. The molecule has 0 aliphatic rings. The molecule has 0 saturated heterocycles. The standard InChI is InChI=1S/C15H18BrNO/c1-12(6-9-16)7-10-17-11-8-15(18)13-4-2-3-5-14(13)17/h2-5,8,11-12H,6-7,9-10H2,1H3. The molecule has 0 aliphatic heterocycles. The van der Waals surface area contributed by atoms with E-state index >= 15 is 0 Å². The third kappa shape index (κ3) is 3.02. The average molecular weight is 308 g/mol. The molecule has 18 heavy (non-hydrogen) atoms. The number of pyridine rings is 1. The maximum atomic E-state index is 11.8. The molecule has 0 saturated carbocycles. The maximum Gasteiger partial charge on any atom is 0.189 e. The van der Waals surface area contributed by atoms with E-state index in [0.29, 0.717) is 5.92 Å². The zero-order valence-electron chi connectivity index (χ0n) is 10.6. The number of alkyl halides is 1. The minimum absolute atomic E-state index is 0.107. The second-order valence-corrected chi connectivity index (χ2v) is 5.56. The van der Waals surface area contributed by atoms with Gasteiger partial charge >= 0.3 is 0 Å². The molecule has 1 heterocycles. The fraction of sp³-hybridized carbons (Fsp3) is 0.400. The van der Waals surface area contributed by atoms with Crippen LogP contribution in [0.25, 0.3) is 10.9 Å². The van der Waals surface area contributed by atoms with Crippen LogP contribution in [0.2, 0.25) is 0 Å². The highest BCUT2D eigenvalue weighted by molar-refractivity contribution is 9.09. The van der Waals surface area contributed by atoms with E-state index in [9.17, 15) is 4.79 Å². The van der Waals surface area contributed by atoms with E-state index in [4.69, 9.17) is 0 Å². The van der Waals surface area contributed by atoms with Gasteiger partial charge in [0.25, 0.3) is 0 Å². The van der Waals surface area contributed by atoms with E-state index in [0.717, 1.165) is 29.2 Å². The van der Waals surface area contributed by atoms with Crippen molar-refractivity contribution in [2.75, 3.05) is 5.33 Å². The number of rotatable bonds is 5. The van der Waals surface area contributed by atoms with Crippen molar-refractivity contribution < 1.29 is 0 Å². The molecule has 1 aromatic heterocycles. The third-order valence-corrected chi connectivity index (χ3v) is 3.81. The fourth-order valence-corrected chi connectivity index (χ4v) is 2.93. The van der Waals surface area contributed by atoms with Crippen LogP contribution in [0.4, 0.5) is 0 Å². The molecule has 96 valence electrons. The molecule has 0 spiro atoms. The summed E-state index contributed by atoms with van der Waals surface area (Å²) >= 11 is 3.48. The molecule has 0 fully saturated rings. The van der Waals surface area contributed by atoms with Crippen LogP contribution < -0.4 is 5.43 Å². The Labute approximate surface area is 116 Å². The summed E-state index contributed by atoms with van der Waals surface area (Å²) in [6, 6.07) is 9.49. The number of benzene rings is 1. The van der Waals surface area contributed by atoms with Gasteiger partial charge in [0.15, 0.2) is 5.43 Å². The lowest BCUT2D eigenvalue weighted by atomic mass is 10.1. The van der Waals surface area contributed by atoms with Gasteiger partial charge in [-0.1, -0.05) is 35.0 Å². The summed E-state index contributed by atoms with van der Waals surface area (Å²) in [7, 11) is 0. The van der Waals surface area contributed by atoms with Crippen LogP contribution in [0.15, 0.2) is 41.3 Å². The van der Waals surface area contributed by atoms with Crippen LogP contribution in [0.3, 0.4) is 0 Å². The molecule has 2 aromatic rings. The summed E-state index contributed by atoms with van der Waals surface area (Å²) in [6.07, 6.45) is 4.24. The number of aromatic nitrogens is 1. The van der Waals surface area contributed by atoms with Gasteiger partial charge in [-0.15, -0.1) is 0 Å². The second-order valence-electron chi connectivity index (χ2n) is 4.76. The summed E-state index contributed by atoms with van der Waals surface area (Å²) in [4.78, 5) is 11.8. The normalized spacial score (nSPS) is 12.8. The SMILES string of the molecule is CC(CCBr)CCn1ccc(=O)c2ccccc21. The molecule has 1 unspecified atom stereocenters. The first-order chi connectivity index (χ1) is 8.72. The van der Waals surface area contributed by atoms with Gasteiger partial charge in [-0.3, -0.25) is 4.79 Å². The molecule has 0 radical (unpaired) electrons. The zero-order valence-corrected chi connectivity index (χ0v) is 12.2. The van der Waals surface area contributed by atoms with Crippen molar-refractivity contribution in [1.29, 1.82) is 0 Å². The lowest BCUT2D eigenvalue weighted by Gasteiger charge is -2.13. The fourth-order valence-electron chi connectivity index (χ4n) is 2.15. The van der Waals surface area contributed by atoms with E-state index in [2.05, 4.69) is 27.4 Å². The van der Waals surface area contributed by atoms with Gasteiger partial charge in [-0.2, -0.15) is 0 Å². The number of fused-ring (bicyclic) bond motifs is 1. The number of hydrogen-bond acceptors (Lipinski definition) is 1. The van der Waals surface area contributed by atoms with Crippen LogP contribution >= 0.6 is 15.9 Å². The second kappa shape index (κ2) is 6.19. The summed E-state index contributed by atoms with van der Waals surface area (Å²) in [6.45, 7) is 3.24. The Morgan fingerprint density at radius 2 is 2.00 bits per heavy atom. The number of nitrogens with zero attached hydrogens (tertiary/aromatic N) is 1. The maximum absolute atomic E-state index is 11.8. The van der Waals surface area contributed by atoms with Gasteiger partial charge in [-0.25, -0.2) is 0 Å². The Hall–Kier alpha value is -1.09. The Morgan fingerprint density at radius 3 is 2.78 bits per heavy atom. The number of hydrogen-bond donors (Lipinski definition) is 0. The molecule has 0 N–H and O–H groups in total. The minimum atomic E-state index is 0.107. The van der Waals surface area contributed by atoms with Crippen molar-refractivity contribution in [2.45, 2.75) is 26.3 Å². The first-order valence-electron chi connectivity index (χ1n) is 6.36. The molecule has 2 rings (SSSR count). The van der Waals surface area contributed by atoms with Crippen LogP contribution in [0.1, 0.15) is 19.8 Å². The average Bonchev–Trinajstić information content (AvgIpc) is 2.39. The molecule has 3 heteroatoms. The Morgan fingerprint density at radius 1 is 1.22 bits per heavy atom. The first-order valence-corrected chi connectivity index (χ1v) is 7.48. The summed E-state index contributed by atoms with van der Waals surface area (Å²) in [5, 5.41) is 1.87. The van der Waals surface area contributed by atoms with Crippen molar-refractivity contribution in [1.82, 2.24) is 4.57 Å². The van der Waals surface area contributed by atoms with Crippen LogP contribution in [-0.2, 0) is 6.54 Å². The van der Waals surface area contributed by atoms with Gasteiger partial charge in [0.2, 0.25) is 0 Å². The molecular formula is C15H18BrNO. The Bertz CT molecular complexity index is 576. The van der Waals surface area contributed by atoms with Crippen molar-refractivity contribution in [3.63, 3.8) is 0 Å². The van der Waals surface area contributed by atoms with Gasteiger partial charge < -0.3 is 4.57 Å². The Kier molecular flexibility index (Phi) is 4.59. The number of para-hydroxylation sites is 1. The van der Waals surface area contributed by atoms with Gasteiger partial charge in [-0.05, 0) is 30.9 Å². The van der Waals surface area contributed by atoms with Gasteiger partial charge in [0.05, 0.1) is 5.52 Å². The predicted octanol–water partition coefficient (Wildman–Crippen LogP) is 3.81. The summed E-state index contributed by atoms with van der Waals surface area (Å²) in [5.41, 5.74) is 1.14. The van der Waals surface area contributed by atoms with Crippen molar-refractivity contribution in [3.8, 4) is 0 Å². The van der Waals surface area contributed by atoms with Crippen LogP contribution in [0.5, 0.6) is 0 Å². The number of aryl methyl sites for hydroxylation is 1. The Balaban J connectivity index is 2.24. The minimum Gasteiger partial charge on any atom is -0.347 e. The zero-order chi connectivity index (χ0) is 13.0. The van der Waals surface area contributed by atoms with E-state index in [-0.39, 0.29) is 5.43 Å². The topological polar surface area (TPSA) is 22.0 Å². The van der Waals surface area contributed by atoms with E-state index in [1.54, 1.807) is 6.07 Å². The predicted molar refractivity (Wildman–Crippen MR) is 80.4 cm³/mol. The van der Waals surface area contributed by atoms with E-state index in [1.165, 1.54) is 6.42 Å². The summed E-state index contributed by atoms with van der Waals surface area (Å²) in [5.74, 6) is 0.697. The first kappa shape index (κ1) is 13.3. The molecule has 1 atom stereocenters. The van der Waals surface area contributed by atoms with E-state index in [1.807, 2.05) is 30.5 Å². The number of halogens is 1. The highest BCUT2D eigenvalue weighted by atomic mass is 79.9.